The third-order valence-corrected chi connectivity index (χ3v) is 5.27. The number of thiophene rings is 1. The number of hydrogen-bond acceptors (Lipinski definition) is 3. The summed E-state index contributed by atoms with van der Waals surface area (Å²) in [6.07, 6.45) is 0.961. The Morgan fingerprint density at radius 1 is 1.32 bits per heavy atom. The van der Waals surface area contributed by atoms with E-state index in [2.05, 4.69) is 13.0 Å². The topological polar surface area (TPSA) is 17.1 Å². The van der Waals surface area contributed by atoms with E-state index in [1.807, 2.05) is 18.2 Å². The van der Waals surface area contributed by atoms with E-state index in [1.54, 1.807) is 17.8 Å². The van der Waals surface area contributed by atoms with Gasteiger partial charge in [0.2, 0.25) is 0 Å². The van der Waals surface area contributed by atoms with Crippen molar-refractivity contribution in [3.63, 3.8) is 0 Å². The SMILES string of the molecule is CCc1ccccc1SCC(=O)c1cc(Cl)sc1Cl. The van der Waals surface area contributed by atoms with Gasteiger partial charge in [0.15, 0.2) is 5.78 Å². The van der Waals surface area contributed by atoms with Crippen LogP contribution in [0.4, 0.5) is 0 Å². The molecule has 0 saturated carbocycles. The Kier molecular flexibility index (Phi) is 5.34. The van der Waals surface area contributed by atoms with E-state index in [9.17, 15) is 4.79 Å². The van der Waals surface area contributed by atoms with Crippen molar-refractivity contribution in [3.8, 4) is 0 Å². The van der Waals surface area contributed by atoms with Gasteiger partial charge in [0.1, 0.15) is 4.34 Å². The molecule has 0 amide bonds. The molecular weight excluding hydrogens is 319 g/mol. The van der Waals surface area contributed by atoms with Gasteiger partial charge in [-0.2, -0.15) is 0 Å². The van der Waals surface area contributed by atoms with Gasteiger partial charge >= 0.3 is 0 Å². The average molecular weight is 331 g/mol. The third-order valence-electron chi connectivity index (χ3n) is 2.67. The van der Waals surface area contributed by atoms with Crippen LogP contribution in [0, 0.1) is 0 Å². The number of thioether (sulfide) groups is 1. The Morgan fingerprint density at radius 2 is 2.05 bits per heavy atom. The highest BCUT2D eigenvalue weighted by molar-refractivity contribution is 8.00. The number of carbonyl (C=O) groups is 1. The fourth-order valence-corrected chi connectivity index (χ4v) is 4.20. The van der Waals surface area contributed by atoms with Crippen LogP contribution in [0.15, 0.2) is 35.2 Å². The van der Waals surface area contributed by atoms with Gasteiger partial charge < -0.3 is 0 Å². The van der Waals surface area contributed by atoms with Crippen molar-refractivity contribution in [3.05, 3.63) is 50.1 Å². The van der Waals surface area contributed by atoms with Crippen LogP contribution in [-0.4, -0.2) is 11.5 Å². The lowest BCUT2D eigenvalue weighted by molar-refractivity contribution is 0.102. The zero-order valence-electron chi connectivity index (χ0n) is 10.3. The zero-order chi connectivity index (χ0) is 13.8. The van der Waals surface area contributed by atoms with Gasteiger partial charge in [-0.25, -0.2) is 0 Å². The molecule has 0 saturated heterocycles. The first-order valence-electron chi connectivity index (χ1n) is 5.80. The molecule has 1 aromatic heterocycles. The van der Waals surface area contributed by atoms with Crippen molar-refractivity contribution in [2.24, 2.45) is 0 Å². The molecular formula is C14H12Cl2OS2. The summed E-state index contributed by atoms with van der Waals surface area (Å²) in [4.78, 5) is 13.2. The lowest BCUT2D eigenvalue weighted by Crippen LogP contribution is -2.01. The molecule has 0 fully saturated rings. The average Bonchev–Trinajstić information content (AvgIpc) is 2.75. The van der Waals surface area contributed by atoms with Crippen LogP contribution in [0.5, 0.6) is 0 Å². The number of halogens is 2. The second kappa shape index (κ2) is 6.80. The third kappa shape index (κ3) is 3.76. The summed E-state index contributed by atoms with van der Waals surface area (Å²) < 4.78 is 1.02. The lowest BCUT2D eigenvalue weighted by atomic mass is 10.2. The fraction of sp³-hybridized carbons (Fsp3) is 0.214. The molecule has 100 valence electrons. The van der Waals surface area contributed by atoms with Gasteiger partial charge in [-0.1, -0.05) is 48.3 Å². The van der Waals surface area contributed by atoms with E-state index in [0.717, 1.165) is 11.3 Å². The Hall–Kier alpha value is -0.480. The Morgan fingerprint density at radius 3 is 2.68 bits per heavy atom. The Labute approximate surface area is 130 Å². The Balaban J connectivity index is 2.06. The van der Waals surface area contributed by atoms with E-state index in [4.69, 9.17) is 23.2 Å². The second-order valence-electron chi connectivity index (χ2n) is 3.91. The van der Waals surface area contributed by atoms with E-state index in [-0.39, 0.29) is 5.78 Å². The van der Waals surface area contributed by atoms with Gasteiger partial charge in [-0.15, -0.1) is 23.1 Å². The van der Waals surface area contributed by atoms with Gasteiger partial charge in [0.25, 0.3) is 0 Å². The summed E-state index contributed by atoms with van der Waals surface area (Å²) in [7, 11) is 0. The second-order valence-corrected chi connectivity index (χ2v) is 7.21. The predicted molar refractivity (Wildman–Crippen MR) is 85.2 cm³/mol. The van der Waals surface area contributed by atoms with Crippen LogP contribution in [0.3, 0.4) is 0 Å². The van der Waals surface area contributed by atoms with Gasteiger partial charge in [0.05, 0.1) is 10.1 Å². The molecule has 0 atom stereocenters. The quantitative estimate of drug-likeness (QED) is 0.524. The summed E-state index contributed by atoms with van der Waals surface area (Å²) in [5, 5.41) is 0. The van der Waals surface area contributed by atoms with Gasteiger partial charge in [0, 0.05) is 10.5 Å². The number of carbonyl (C=O) groups excluding carboxylic acids is 1. The molecule has 2 rings (SSSR count). The van der Waals surface area contributed by atoms with Crippen molar-refractivity contribution >= 4 is 52.1 Å². The van der Waals surface area contributed by atoms with Crippen molar-refractivity contribution in [1.82, 2.24) is 0 Å². The van der Waals surface area contributed by atoms with Crippen LogP contribution >= 0.6 is 46.3 Å². The number of benzene rings is 1. The van der Waals surface area contributed by atoms with E-state index in [0.29, 0.717) is 20.0 Å². The molecule has 19 heavy (non-hydrogen) atoms. The number of ketones is 1. The number of aryl methyl sites for hydroxylation is 1. The molecule has 0 bridgehead atoms. The standard InChI is InChI=1S/C14H12Cl2OS2/c1-2-9-5-3-4-6-12(9)18-8-11(17)10-7-13(15)19-14(10)16/h3-7H,2,8H2,1H3. The molecule has 1 nitrogen and oxygen atoms in total. The molecule has 5 heteroatoms. The van der Waals surface area contributed by atoms with Crippen LogP contribution in [0.25, 0.3) is 0 Å². The normalized spacial score (nSPS) is 10.7. The van der Waals surface area contributed by atoms with Crippen molar-refractivity contribution < 1.29 is 4.79 Å². The fourth-order valence-electron chi connectivity index (χ4n) is 1.69. The van der Waals surface area contributed by atoms with Crippen LogP contribution < -0.4 is 0 Å². The molecule has 0 aliphatic rings. The smallest absolute Gasteiger partial charge is 0.175 e. The molecule has 0 N–H and O–H groups in total. The monoisotopic (exact) mass is 330 g/mol. The minimum Gasteiger partial charge on any atom is -0.293 e. The van der Waals surface area contributed by atoms with Crippen molar-refractivity contribution in [2.75, 3.05) is 5.75 Å². The van der Waals surface area contributed by atoms with Gasteiger partial charge in [-0.3, -0.25) is 4.79 Å². The maximum Gasteiger partial charge on any atom is 0.175 e. The number of Topliss-reactive ketones (excluding diaryl/α,β-unsaturated/α-hetero) is 1. The minimum absolute atomic E-state index is 0.0176. The molecule has 0 unspecified atom stereocenters. The van der Waals surface area contributed by atoms with Crippen LogP contribution in [-0.2, 0) is 6.42 Å². The maximum absolute atomic E-state index is 12.1. The van der Waals surface area contributed by atoms with E-state index < -0.39 is 0 Å². The first-order chi connectivity index (χ1) is 9.11. The van der Waals surface area contributed by atoms with Crippen molar-refractivity contribution in [2.45, 2.75) is 18.2 Å². The van der Waals surface area contributed by atoms with Crippen LogP contribution in [0.1, 0.15) is 22.8 Å². The molecule has 0 aliphatic carbocycles. The minimum atomic E-state index is 0.0176. The summed E-state index contributed by atoms with van der Waals surface area (Å²) in [6, 6.07) is 9.77. The highest BCUT2D eigenvalue weighted by Gasteiger charge is 2.14. The molecule has 1 heterocycles. The number of hydrogen-bond donors (Lipinski definition) is 0. The molecule has 1 aromatic carbocycles. The summed E-state index contributed by atoms with van der Waals surface area (Å²) in [5.74, 6) is 0.396. The largest absolute Gasteiger partial charge is 0.293 e. The molecule has 0 radical (unpaired) electrons. The highest BCUT2D eigenvalue weighted by Crippen LogP contribution is 2.33. The summed E-state index contributed by atoms with van der Waals surface area (Å²) >= 11 is 14.6. The molecule has 0 aliphatic heterocycles. The Bertz CT molecular complexity index is 593. The van der Waals surface area contributed by atoms with Gasteiger partial charge in [-0.05, 0) is 24.1 Å². The van der Waals surface area contributed by atoms with E-state index >= 15 is 0 Å². The molecule has 0 spiro atoms. The zero-order valence-corrected chi connectivity index (χ0v) is 13.4. The predicted octanol–water partition coefficient (Wildman–Crippen LogP) is 5.59. The first-order valence-corrected chi connectivity index (χ1v) is 8.36. The maximum atomic E-state index is 12.1. The summed E-state index contributed by atoms with van der Waals surface area (Å²) in [6.45, 7) is 2.11. The number of rotatable bonds is 5. The van der Waals surface area contributed by atoms with Crippen LogP contribution in [0.2, 0.25) is 8.67 Å². The lowest BCUT2D eigenvalue weighted by Gasteiger charge is -2.06. The molecule has 2 aromatic rings. The first kappa shape index (κ1) is 14.9. The highest BCUT2D eigenvalue weighted by atomic mass is 35.5. The van der Waals surface area contributed by atoms with Crippen molar-refractivity contribution in [1.29, 1.82) is 0 Å². The summed E-state index contributed by atoms with van der Waals surface area (Å²) in [5.41, 5.74) is 1.79. The van der Waals surface area contributed by atoms with E-state index in [1.165, 1.54) is 16.9 Å².